The van der Waals surface area contributed by atoms with E-state index in [0.717, 1.165) is 44.8 Å². The predicted molar refractivity (Wildman–Crippen MR) is 144 cm³/mol. The molecule has 4 aliphatic rings. The number of nitrogens with one attached hydrogen (secondary N) is 2. The molecule has 0 unspecified atom stereocenters. The highest BCUT2D eigenvalue weighted by Gasteiger charge is 2.64. The van der Waals surface area contributed by atoms with Crippen LogP contribution in [0, 0.1) is 52.3 Å². The molecule has 37 heavy (non-hydrogen) atoms. The Hall–Kier alpha value is -1.19. The first-order valence-electron chi connectivity index (χ1n) is 14.6. The first-order chi connectivity index (χ1) is 17.4. The number of rotatable bonds is 7. The summed E-state index contributed by atoms with van der Waals surface area (Å²) in [6.45, 7) is 9.61. The lowest BCUT2D eigenvalue weighted by atomic mass is 9.41. The first-order valence-corrected chi connectivity index (χ1v) is 16.5. The van der Waals surface area contributed by atoms with Gasteiger partial charge in [0.15, 0.2) is 0 Å². The summed E-state index contributed by atoms with van der Waals surface area (Å²) in [4.78, 5) is 4.32. The lowest BCUT2D eigenvalue weighted by molar-refractivity contribution is -0.203. The molecule has 8 nitrogen and oxygen atoms in total. The second-order valence-electron chi connectivity index (χ2n) is 13.6. The molecule has 210 valence electrons. The summed E-state index contributed by atoms with van der Waals surface area (Å²) in [6.07, 6.45) is 11.1. The normalized spacial score (nSPS) is 44.5. The molecule has 0 saturated heterocycles. The minimum Gasteiger partial charge on any atom is -0.393 e. The molecule has 4 N–H and O–H groups in total. The summed E-state index contributed by atoms with van der Waals surface area (Å²) in [6, 6.07) is 0. The third-order valence-corrected chi connectivity index (χ3v) is 12.3. The van der Waals surface area contributed by atoms with Gasteiger partial charge in [0.2, 0.25) is 10.0 Å². The van der Waals surface area contributed by atoms with Crippen LogP contribution in [0.4, 0.5) is 5.95 Å². The van der Waals surface area contributed by atoms with E-state index in [-0.39, 0.29) is 29.0 Å². The highest BCUT2D eigenvalue weighted by molar-refractivity contribution is 7.91. The molecule has 4 aliphatic carbocycles. The number of aliphatic hydroxyl groups excluding tert-OH is 2. The minimum absolute atomic E-state index is 0.107. The van der Waals surface area contributed by atoms with E-state index in [1.807, 2.05) is 0 Å². The highest BCUT2D eigenvalue weighted by Crippen LogP contribution is 2.69. The number of H-pyrrole nitrogens is 1. The van der Waals surface area contributed by atoms with Gasteiger partial charge in [-0.25, -0.2) is 8.42 Å². The van der Waals surface area contributed by atoms with Crippen LogP contribution < -0.4 is 4.72 Å². The number of hydrogen-bond acceptors (Lipinski definition) is 6. The molecule has 0 aromatic carbocycles. The van der Waals surface area contributed by atoms with E-state index in [1.54, 1.807) is 0 Å². The van der Waals surface area contributed by atoms with E-state index in [0.29, 0.717) is 47.2 Å². The molecule has 0 bridgehead atoms. The Morgan fingerprint density at radius 3 is 2.49 bits per heavy atom. The van der Waals surface area contributed by atoms with Crippen LogP contribution in [-0.4, -0.2) is 52.3 Å². The maximum atomic E-state index is 11.9. The van der Waals surface area contributed by atoms with Gasteiger partial charge in [-0.3, -0.25) is 9.82 Å². The van der Waals surface area contributed by atoms with Crippen molar-refractivity contribution >= 4 is 16.0 Å². The van der Waals surface area contributed by atoms with Crippen molar-refractivity contribution < 1.29 is 18.6 Å². The number of anilines is 1. The molecule has 1 aromatic heterocycles. The zero-order valence-corrected chi connectivity index (χ0v) is 24.1. The Kier molecular flexibility index (Phi) is 7.23. The maximum Gasteiger partial charge on any atom is 0.255 e. The Morgan fingerprint density at radius 1 is 1.08 bits per heavy atom. The van der Waals surface area contributed by atoms with E-state index in [2.05, 4.69) is 47.6 Å². The van der Waals surface area contributed by atoms with Crippen molar-refractivity contribution in [3.8, 4) is 0 Å². The smallest absolute Gasteiger partial charge is 0.255 e. The Labute approximate surface area is 222 Å². The number of hydrogen-bond donors (Lipinski definition) is 4. The minimum atomic E-state index is -3.39. The summed E-state index contributed by atoms with van der Waals surface area (Å²) in [7, 11) is -3.39. The van der Waals surface area contributed by atoms with Crippen molar-refractivity contribution in [1.82, 2.24) is 15.2 Å². The number of nitrogens with zero attached hydrogens (tertiary/aromatic N) is 2. The van der Waals surface area contributed by atoms with Crippen molar-refractivity contribution in [2.75, 3.05) is 11.0 Å². The molecular weight excluding hydrogens is 488 g/mol. The van der Waals surface area contributed by atoms with Crippen molar-refractivity contribution in [3.05, 3.63) is 5.82 Å². The van der Waals surface area contributed by atoms with E-state index in [4.69, 9.17) is 0 Å². The predicted octanol–water partition coefficient (Wildman–Crippen LogP) is 4.37. The third-order valence-electron chi connectivity index (χ3n) is 11.8. The van der Waals surface area contributed by atoms with Gasteiger partial charge in [-0.2, -0.15) is 4.98 Å². The second kappa shape index (κ2) is 9.77. The molecule has 5 rings (SSSR count). The molecule has 9 heteroatoms. The van der Waals surface area contributed by atoms with Crippen LogP contribution >= 0.6 is 0 Å². The van der Waals surface area contributed by atoms with Gasteiger partial charge in [-0.1, -0.05) is 34.1 Å². The Balaban J connectivity index is 1.30. The molecule has 0 radical (unpaired) electrons. The second-order valence-corrected chi connectivity index (χ2v) is 15.4. The van der Waals surface area contributed by atoms with E-state index in [1.165, 1.54) is 25.7 Å². The standard InChI is InChI=1S/C28H48N4O4S/c1-6-18-22-15-17(33)11-13-28(22,4)21-12-14-27(3)19(8-9-20(27)24(21)25(18)34)16(2)7-10-23-29-26(31-30-23)32-37(5,35)36/h16-22,24-25,33-34H,6-15H2,1-5H3,(H2,29,30,31,32)/t16-,17-,18-,19-,20+,21+,22+,24+,25-,27-,28-/m1/s1. The van der Waals surface area contributed by atoms with Gasteiger partial charge in [-0.15, -0.1) is 5.10 Å². The fourth-order valence-electron chi connectivity index (χ4n) is 10.1. The van der Waals surface area contributed by atoms with E-state index < -0.39 is 10.0 Å². The number of aromatic amines is 1. The summed E-state index contributed by atoms with van der Waals surface area (Å²) >= 11 is 0. The monoisotopic (exact) mass is 536 g/mol. The van der Waals surface area contributed by atoms with E-state index in [9.17, 15) is 18.6 Å². The molecule has 0 amide bonds. The third kappa shape index (κ3) is 4.75. The number of aryl methyl sites for hydroxylation is 1. The van der Waals surface area contributed by atoms with Crippen LogP contribution in [0.25, 0.3) is 0 Å². The van der Waals surface area contributed by atoms with Gasteiger partial charge in [0.1, 0.15) is 5.82 Å². The number of aliphatic hydroxyl groups is 2. The van der Waals surface area contributed by atoms with Crippen LogP contribution in [-0.2, 0) is 16.4 Å². The molecule has 11 atom stereocenters. The maximum absolute atomic E-state index is 11.9. The quantitative estimate of drug-likeness (QED) is 0.410. The number of aromatic nitrogens is 3. The largest absolute Gasteiger partial charge is 0.393 e. The van der Waals surface area contributed by atoms with Crippen LogP contribution in [0.3, 0.4) is 0 Å². The van der Waals surface area contributed by atoms with Crippen molar-refractivity contribution in [2.45, 2.75) is 104 Å². The Bertz CT molecular complexity index is 1080. The van der Waals surface area contributed by atoms with Crippen molar-refractivity contribution in [1.29, 1.82) is 0 Å². The van der Waals surface area contributed by atoms with Gasteiger partial charge >= 0.3 is 0 Å². The van der Waals surface area contributed by atoms with Crippen LogP contribution in [0.15, 0.2) is 0 Å². The summed E-state index contributed by atoms with van der Waals surface area (Å²) in [5, 5.41) is 29.3. The molecule has 0 aliphatic heterocycles. The molecule has 1 heterocycles. The summed E-state index contributed by atoms with van der Waals surface area (Å²) in [5.74, 6) is 4.16. The van der Waals surface area contributed by atoms with Gasteiger partial charge in [0.05, 0.1) is 18.5 Å². The lowest BCUT2D eigenvalue weighted by Gasteiger charge is -2.64. The van der Waals surface area contributed by atoms with Gasteiger partial charge in [0.25, 0.3) is 5.95 Å². The lowest BCUT2D eigenvalue weighted by Crippen LogP contribution is -2.62. The molecule has 4 saturated carbocycles. The Morgan fingerprint density at radius 2 is 1.78 bits per heavy atom. The summed E-state index contributed by atoms with van der Waals surface area (Å²) < 4.78 is 25.3. The average Bonchev–Trinajstić information content (AvgIpc) is 3.41. The zero-order valence-electron chi connectivity index (χ0n) is 23.3. The highest BCUT2D eigenvalue weighted by atomic mass is 32.2. The average molecular weight is 537 g/mol. The van der Waals surface area contributed by atoms with Gasteiger partial charge in [0, 0.05) is 6.42 Å². The molecular formula is C28H48N4O4S. The van der Waals surface area contributed by atoms with Crippen molar-refractivity contribution in [3.63, 3.8) is 0 Å². The van der Waals surface area contributed by atoms with Crippen molar-refractivity contribution in [2.24, 2.45) is 52.3 Å². The SMILES string of the molecule is CC[C@H]1[C@@H](O)[C@@H]2[C@H](CC[C@]3(C)[C@@H]([C@H](C)CCc4nc(NS(C)(=O)=O)n[nH]4)CC[C@@H]23)[C@@]2(C)CC[C@@H](O)C[C@@H]12. The van der Waals surface area contributed by atoms with Gasteiger partial charge < -0.3 is 10.2 Å². The topological polar surface area (TPSA) is 128 Å². The summed E-state index contributed by atoms with van der Waals surface area (Å²) in [5.41, 5.74) is 0.473. The zero-order chi connectivity index (χ0) is 26.8. The fraction of sp³-hybridized carbons (Fsp3) is 0.929. The van der Waals surface area contributed by atoms with Crippen LogP contribution in [0.2, 0.25) is 0 Å². The number of fused-ring (bicyclic) bond motifs is 5. The molecule has 0 spiro atoms. The fourth-order valence-corrected chi connectivity index (χ4v) is 10.5. The molecule has 1 aromatic rings. The number of sulfonamides is 1. The van der Waals surface area contributed by atoms with E-state index >= 15 is 0 Å². The van der Waals surface area contributed by atoms with Gasteiger partial charge in [-0.05, 0) is 104 Å². The first kappa shape index (κ1) is 27.4. The van der Waals surface area contributed by atoms with Crippen LogP contribution in [0.5, 0.6) is 0 Å². The van der Waals surface area contributed by atoms with Crippen LogP contribution in [0.1, 0.15) is 91.3 Å². The molecule has 4 fully saturated rings.